The number of thiophene rings is 1. The Morgan fingerprint density at radius 2 is 1.93 bits per heavy atom. The Balaban J connectivity index is 1.43. The molecule has 6 nitrogen and oxygen atoms in total. The average molecular weight is 381 g/mol. The third kappa shape index (κ3) is 3.01. The molecular formula is C20H19N3O3S. The number of piperidine rings is 1. The summed E-state index contributed by atoms with van der Waals surface area (Å²) in [6.45, 7) is 2.51. The molecule has 5 rings (SSSR count). The van der Waals surface area contributed by atoms with Crippen molar-refractivity contribution in [2.45, 2.75) is 18.6 Å². The van der Waals surface area contributed by atoms with Crippen molar-refractivity contribution >= 4 is 28.1 Å². The average Bonchev–Trinajstić information content (AvgIpc) is 3.40. The van der Waals surface area contributed by atoms with E-state index in [0.717, 1.165) is 22.0 Å². The van der Waals surface area contributed by atoms with Crippen LogP contribution >= 0.6 is 11.3 Å². The van der Waals surface area contributed by atoms with Crippen LogP contribution in [0.2, 0.25) is 0 Å². The summed E-state index contributed by atoms with van der Waals surface area (Å²) in [4.78, 5) is 23.9. The highest BCUT2D eigenvalue weighted by Gasteiger charge is 2.41. The molecule has 5 heterocycles. The predicted octanol–water partition coefficient (Wildman–Crippen LogP) is 3.34. The molecule has 0 aromatic carbocycles. The number of fused-ring (bicyclic) bond motifs is 1. The Labute approximate surface area is 160 Å². The molecule has 0 saturated carbocycles. The van der Waals surface area contributed by atoms with Gasteiger partial charge in [0.2, 0.25) is 0 Å². The molecule has 0 atom stereocenters. The van der Waals surface area contributed by atoms with Crippen molar-refractivity contribution in [3.63, 3.8) is 0 Å². The highest BCUT2D eigenvalue weighted by atomic mass is 32.1. The van der Waals surface area contributed by atoms with Crippen molar-refractivity contribution in [2.75, 3.05) is 26.3 Å². The summed E-state index contributed by atoms with van der Waals surface area (Å²) < 4.78 is 11.5. The summed E-state index contributed by atoms with van der Waals surface area (Å²) in [6.07, 6.45) is 5.00. The molecule has 3 aromatic rings. The third-order valence-electron chi connectivity index (χ3n) is 5.28. The molecule has 2 fully saturated rings. The number of aromatic nitrogens is 2. The molecule has 1 amide bonds. The number of ether oxygens (including phenoxy) is 2. The minimum atomic E-state index is -0.481. The number of amides is 1. The van der Waals surface area contributed by atoms with Gasteiger partial charge in [-0.3, -0.25) is 9.78 Å². The number of rotatable bonds is 2. The molecule has 3 aromatic heterocycles. The summed E-state index contributed by atoms with van der Waals surface area (Å²) in [5.41, 5.74) is 3.30. The van der Waals surface area contributed by atoms with E-state index >= 15 is 0 Å². The normalized spacial score (nSPS) is 19.0. The van der Waals surface area contributed by atoms with Gasteiger partial charge < -0.3 is 14.4 Å². The quantitative estimate of drug-likeness (QED) is 0.681. The van der Waals surface area contributed by atoms with Gasteiger partial charge >= 0.3 is 0 Å². The fraction of sp³-hybridized carbons (Fsp3) is 0.350. The van der Waals surface area contributed by atoms with Crippen molar-refractivity contribution in [1.29, 1.82) is 0 Å². The molecule has 27 heavy (non-hydrogen) atoms. The Kier molecular flexibility index (Phi) is 4.15. The van der Waals surface area contributed by atoms with E-state index in [0.29, 0.717) is 44.8 Å². The first-order valence-corrected chi connectivity index (χ1v) is 10.0. The maximum Gasteiger partial charge on any atom is 0.272 e. The van der Waals surface area contributed by atoms with Crippen LogP contribution in [0.5, 0.6) is 0 Å². The molecule has 2 aliphatic rings. The number of pyridine rings is 2. The zero-order chi connectivity index (χ0) is 18.3. The van der Waals surface area contributed by atoms with Crippen molar-refractivity contribution in [2.24, 2.45) is 0 Å². The summed E-state index contributed by atoms with van der Waals surface area (Å²) in [5, 5.41) is 5.03. The topological polar surface area (TPSA) is 64.6 Å². The van der Waals surface area contributed by atoms with Crippen LogP contribution in [0.4, 0.5) is 0 Å². The number of nitrogens with zero attached hydrogens (tertiary/aromatic N) is 3. The molecule has 1 spiro atoms. The SMILES string of the molecule is O=C(c1ccc2cncc(-c3ccsc3)c2n1)N1CCC2(CC1)OCCO2. The second-order valence-electron chi connectivity index (χ2n) is 6.87. The fourth-order valence-corrected chi connectivity index (χ4v) is 4.45. The lowest BCUT2D eigenvalue weighted by Gasteiger charge is -2.37. The van der Waals surface area contributed by atoms with Gasteiger partial charge in [-0.1, -0.05) is 0 Å². The maximum atomic E-state index is 13.0. The molecular weight excluding hydrogens is 362 g/mol. The van der Waals surface area contributed by atoms with E-state index in [9.17, 15) is 4.79 Å². The van der Waals surface area contributed by atoms with E-state index in [1.165, 1.54) is 0 Å². The molecule has 138 valence electrons. The summed E-state index contributed by atoms with van der Waals surface area (Å²) in [5.74, 6) is -0.524. The minimum Gasteiger partial charge on any atom is -0.347 e. The van der Waals surface area contributed by atoms with E-state index in [1.54, 1.807) is 23.6 Å². The minimum absolute atomic E-state index is 0.0437. The molecule has 0 radical (unpaired) electrons. The van der Waals surface area contributed by atoms with Crippen LogP contribution in [0, 0.1) is 0 Å². The van der Waals surface area contributed by atoms with Gasteiger partial charge in [-0.25, -0.2) is 4.98 Å². The first-order chi connectivity index (χ1) is 13.2. The van der Waals surface area contributed by atoms with Crippen molar-refractivity contribution < 1.29 is 14.3 Å². The molecule has 2 saturated heterocycles. The molecule has 0 unspecified atom stereocenters. The molecule has 0 N–H and O–H groups in total. The lowest BCUT2D eigenvalue weighted by molar-refractivity contribution is -0.181. The van der Waals surface area contributed by atoms with Crippen molar-refractivity contribution in [1.82, 2.24) is 14.9 Å². The Hall–Kier alpha value is -2.35. The molecule has 0 bridgehead atoms. The van der Waals surface area contributed by atoms with Crippen molar-refractivity contribution in [3.8, 4) is 11.1 Å². The number of carbonyl (C=O) groups excluding carboxylic acids is 1. The first-order valence-electron chi connectivity index (χ1n) is 9.09. The lowest BCUT2D eigenvalue weighted by Crippen LogP contribution is -2.47. The van der Waals surface area contributed by atoms with Crippen LogP contribution in [0.15, 0.2) is 41.4 Å². The number of hydrogen-bond acceptors (Lipinski definition) is 6. The summed E-state index contributed by atoms with van der Waals surface area (Å²) >= 11 is 1.63. The van der Waals surface area contributed by atoms with Gasteiger partial charge in [0.1, 0.15) is 5.69 Å². The van der Waals surface area contributed by atoms with E-state index in [1.807, 2.05) is 28.6 Å². The third-order valence-corrected chi connectivity index (χ3v) is 5.96. The van der Waals surface area contributed by atoms with Crippen LogP contribution in [0.3, 0.4) is 0 Å². The van der Waals surface area contributed by atoms with Crippen LogP contribution in [0.25, 0.3) is 22.0 Å². The van der Waals surface area contributed by atoms with E-state index in [-0.39, 0.29) is 5.91 Å². The number of hydrogen-bond donors (Lipinski definition) is 0. The first kappa shape index (κ1) is 16.8. The predicted molar refractivity (Wildman–Crippen MR) is 103 cm³/mol. The number of carbonyl (C=O) groups is 1. The van der Waals surface area contributed by atoms with Gasteiger partial charge in [-0.05, 0) is 34.5 Å². The zero-order valence-electron chi connectivity index (χ0n) is 14.8. The lowest BCUT2D eigenvalue weighted by atomic mass is 10.0. The van der Waals surface area contributed by atoms with Gasteiger partial charge in [0.05, 0.1) is 18.7 Å². The fourth-order valence-electron chi connectivity index (χ4n) is 3.79. The summed E-state index contributed by atoms with van der Waals surface area (Å²) in [6, 6.07) is 5.76. The maximum absolute atomic E-state index is 13.0. The van der Waals surface area contributed by atoms with E-state index < -0.39 is 5.79 Å². The smallest absolute Gasteiger partial charge is 0.272 e. The van der Waals surface area contributed by atoms with Gasteiger partial charge in [-0.2, -0.15) is 11.3 Å². The van der Waals surface area contributed by atoms with Crippen LogP contribution < -0.4 is 0 Å². The Bertz CT molecular complexity index is 973. The largest absolute Gasteiger partial charge is 0.347 e. The second-order valence-corrected chi connectivity index (χ2v) is 7.65. The molecule has 2 aliphatic heterocycles. The van der Waals surface area contributed by atoms with Crippen LogP contribution in [0.1, 0.15) is 23.3 Å². The van der Waals surface area contributed by atoms with Gasteiger partial charge in [0.25, 0.3) is 5.91 Å². The highest BCUT2D eigenvalue weighted by Crippen LogP contribution is 2.32. The van der Waals surface area contributed by atoms with Crippen LogP contribution in [-0.2, 0) is 9.47 Å². The number of likely N-dealkylation sites (tertiary alicyclic amines) is 1. The van der Waals surface area contributed by atoms with Gasteiger partial charge in [0, 0.05) is 49.3 Å². The highest BCUT2D eigenvalue weighted by molar-refractivity contribution is 7.08. The van der Waals surface area contributed by atoms with E-state index in [2.05, 4.69) is 10.4 Å². The Morgan fingerprint density at radius 1 is 1.11 bits per heavy atom. The van der Waals surface area contributed by atoms with Gasteiger partial charge in [-0.15, -0.1) is 0 Å². The van der Waals surface area contributed by atoms with Gasteiger partial charge in [0.15, 0.2) is 5.79 Å². The second kappa shape index (κ2) is 6.67. The summed E-state index contributed by atoms with van der Waals surface area (Å²) in [7, 11) is 0. The molecule has 0 aliphatic carbocycles. The standard InChI is InChI=1S/C20H19N3O3S/c24-19(23-6-4-20(5-7-23)25-8-9-26-20)17-2-1-14-11-21-12-16(18(14)22-17)15-3-10-27-13-15/h1-3,10-13H,4-9H2. The molecule has 7 heteroatoms. The Morgan fingerprint density at radius 3 is 2.67 bits per heavy atom. The zero-order valence-corrected chi connectivity index (χ0v) is 15.6. The van der Waals surface area contributed by atoms with E-state index in [4.69, 9.17) is 14.5 Å². The van der Waals surface area contributed by atoms with Crippen LogP contribution in [-0.4, -0.2) is 52.9 Å². The van der Waals surface area contributed by atoms with Crippen molar-refractivity contribution in [3.05, 3.63) is 47.0 Å². The monoisotopic (exact) mass is 381 g/mol.